The number of ether oxygens (including phenoxy) is 1. The fourth-order valence-electron chi connectivity index (χ4n) is 6.23. The molecule has 2 aromatic rings. The van der Waals surface area contributed by atoms with E-state index in [1.807, 2.05) is 37.8 Å². The summed E-state index contributed by atoms with van der Waals surface area (Å²) >= 11 is 0. The molecule has 9 heteroatoms. The molecule has 0 saturated carbocycles. The van der Waals surface area contributed by atoms with Crippen molar-refractivity contribution >= 4 is 34.6 Å². The van der Waals surface area contributed by atoms with E-state index in [-0.39, 0.29) is 18.0 Å². The number of benzene rings is 1. The summed E-state index contributed by atoms with van der Waals surface area (Å²) < 4.78 is 7.99. The highest BCUT2D eigenvalue weighted by atomic mass is 16.6. The van der Waals surface area contributed by atoms with E-state index in [1.165, 1.54) is 5.69 Å². The van der Waals surface area contributed by atoms with Crippen LogP contribution in [0.25, 0.3) is 10.9 Å². The lowest BCUT2D eigenvalue weighted by molar-refractivity contribution is -0.120. The van der Waals surface area contributed by atoms with Gasteiger partial charge in [-0.1, -0.05) is 6.07 Å². The molecule has 0 bridgehead atoms. The molecule has 3 aliphatic rings. The van der Waals surface area contributed by atoms with Crippen LogP contribution in [0.5, 0.6) is 0 Å². The van der Waals surface area contributed by atoms with Gasteiger partial charge in [-0.25, -0.2) is 9.59 Å². The molecule has 0 radical (unpaired) electrons. The number of likely N-dealkylation sites (tertiary alicyclic amines) is 2. The van der Waals surface area contributed by atoms with Crippen molar-refractivity contribution in [2.24, 2.45) is 5.92 Å². The standard InChI is InChI=1S/C29H41N5O4/c1-20-18-23-24(33-17-12-26(35)30-27(33)36)6-5-7-25(23)34(20)22-10-13-31(14-11-22)19-21-8-15-32(16-9-21)28(37)38-29(2,3)4/h5-7,18,21-22H,8-17,19H2,1-4H3,(H,30,35,36). The average Bonchev–Trinajstić information content (AvgIpc) is 3.20. The van der Waals surface area contributed by atoms with Gasteiger partial charge in [0.1, 0.15) is 5.60 Å². The van der Waals surface area contributed by atoms with Gasteiger partial charge in [0.15, 0.2) is 0 Å². The van der Waals surface area contributed by atoms with Crippen LogP contribution < -0.4 is 10.2 Å². The van der Waals surface area contributed by atoms with Gasteiger partial charge in [-0.15, -0.1) is 0 Å². The molecule has 1 N–H and O–H groups in total. The Hall–Kier alpha value is -3.07. The van der Waals surface area contributed by atoms with E-state index in [2.05, 4.69) is 33.8 Å². The van der Waals surface area contributed by atoms with Crippen LogP contribution in [-0.2, 0) is 9.53 Å². The van der Waals surface area contributed by atoms with Gasteiger partial charge in [-0.3, -0.25) is 15.0 Å². The predicted molar refractivity (Wildman–Crippen MR) is 147 cm³/mol. The van der Waals surface area contributed by atoms with Crippen LogP contribution in [0.4, 0.5) is 15.3 Å². The van der Waals surface area contributed by atoms with Crippen molar-refractivity contribution in [3.63, 3.8) is 0 Å². The number of aryl methyl sites for hydroxylation is 1. The van der Waals surface area contributed by atoms with E-state index < -0.39 is 5.60 Å². The molecule has 3 aliphatic heterocycles. The van der Waals surface area contributed by atoms with Crippen molar-refractivity contribution < 1.29 is 19.1 Å². The summed E-state index contributed by atoms with van der Waals surface area (Å²) in [5.41, 5.74) is 2.77. The SMILES string of the molecule is Cc1cc2c(N3CCC(=O)NC3=O)cccc2n1C1CCN(CC2CCN(C(=O)OC(C)(C)C)CC2)CC1. The lowest BCUT2D eigenvalue weighted by atomic mass is 9.95. The van der Waals surface area contributed by atoms with Crippen LogP contribution in [0.2, 0.25) is 0 Å². The van der Waals surface area contributed by atoms with Gasteiger partial charge < -0.3 is 19.1 Å². The highest BCUT2D eigenvalue weighted by Gasteiger charge is 2.31. The van der Waals surface area contributed by atoms with Crippen LogP contribution in [0.15, 0.2) is 24.3 Å². The zero-order valence-electron chi connectivity index (χ0n) is 23.2. The van der Waals surface area contributed by atoms with Gasteiger partial charge in [-0.2, -0.15) is 0 Å². The normalized spacial score (nSPS) is 20.7. The first kappa shape index (κ1) is 26.5. The topological polar surface area (TPSA) is 87.1 Å². The smallest absolute Gasteiger partial charge is 0.410 e. The molecule has 206 valence electrons. The Morgan fingerprint density at radius 2 is 1.74 bits per heavy atom. The molecule has 4 heterocycles. The van der Waals surface area contributed by atoms with Crippen LogP contribution in [0, 0.1) is 12.8 Å². The molecule has 3 saturated heterocycles. The molecule has 0 atom stereocenters. The van der Waals surface area contributed by atoms with Gasteiger partial charge in [0.25, 0.3) is 0 Å². The number of imide groups is 1. The number of urea groups is 1. The lowest BCUT2D eigenvalue weighted by Crippen LogP contribution is -2.49. The minimum atomic E-state index is -0.453. The van der Waals surface area contributed by atoms with E-state index in [1.54, 1.807) is 4.90 Å². The van der Waals surface area contributed by atoms with E-state index in [4.69, 9.17) is 4.74 Å². The molecular weight excluding hydrogens is 482 g/mol. The summed E-state index contributed by atoms with van der Waals surface area (Å²) in [5, 5.41) is 3.51. The average molecular weight is 524 g/mol. The maximum absolute atomic E-state index is 12.5. The number of nitrogens with one attached hydrogen (secondary N) is 1. The maximum atomic E-state index is 12.5. The molecule has 0 aliphatic carbocycles. The first-order valence-electron chi connectivity index (χ1n) is 14.0. The summed E-state index contributed by atoms with van der Waals surface area (Å²) in [6.45, 7) is 13.0. The summed E-state index contributed by atoms with van der Waals surface area (Å²) in [6, 6.07) is 8.38. The quantitative estimate of drug-likeness (QED) is 0.629. The number of hydrogen-bond donors (Lipinski definition) is 1. The Morgan fingerprint density at radius 1 is 1.03 bits per heavy atom. The maximum Gasteiger partial charge on any atom is 0.410 e. The summed E-state index contributed by atoms with van der Waals surface area (Å²) in [4.78, 5) is 42.6. The van der Waals surface area contributed by atoms with Crippen molar-refractivity contribution in [2.45, 2.75) is 71.4 Å². The predicted octanol–water partition coefficient (Wildman–Crippen LogP) is 4.68. The van der Waals surface area contributed by atoms with Gasteiger partial charge in [0, 0.05) is 62.8 Å². The van der Waals surface area contributed by atoms with Crippen LogP contribution >= 0.6 is 0 Å². The van der Waals surface area contributed by atoms with Crippen molar-refractivity contribution in [3.8, 4) is 0 Å². The Labute approximate surface area is 225 Å². The fourth-order valence-corrected chi connectivity index (χ4v) is 6.23. The Bertz CT molecular complexity index is 1200. The van der Waals surface area contributed by atoms with Gasteiger partial charge >= 0.3 is 12.1 Å². The Balaban J connectivity index is 1.18. The number of nitrogens with zero attached hydrogens (tertiary/aromatic N) is 4. The van der Waals surface area contributed by atoms with Crippen molar-refractivity contribution in [2.75, 3.05) is 44.2 Å². The highest BCUT2D eigenvalue weighted by Crippen LogP contribution is 2.36. The molecule has 9 nitrogen and oxygen atoms in total. The molecule has 3 fully saturated rings. The minimum absolute atomic E-state index is 0.191. The highest BCUT2D eigenvalue weighted by molar-refractivity contribution is 6.09. The number of amides is 4. The number of anilines is 1. The Kier molecular flexibility index (Phi) is 7.40. The monoisotopic (exact) mass is 523 g/mol. The molecule has 1 aromatic carbocycles. The van der Waals surface area contributed by atoms with Gasteiger partial charge in [0.2, 0.25) is 5.91 Å². The molecular formula is C29H41N5O4. The summed E-state index contributed by atoms with van der Waals surface area (Å²) in [7, 11) is 0. The van der Waals surface area contributed by atoms with Crippen molar-refractivity contribution in [1.82, 2.24) is 19.7 Å². The van der Waals surface area contributed by atoms with E-state index in [0.717, 1.165) is 75.0 Å². The van der Waals surface area contributed by atoms with E-state index in [0.29, 0.717) is 24.9 Å². The number of hydrogen-bond acceptors (Lipinski definition) is 5. The molecule has 0 spiro atoms. The van der Waals surface area contributed by atoms with E-state index >= 15 is 0 Å². The van der Waals surface area contributed by atoms with Crippen LogP contribution in [0.3, 0.4) is 0 Å². The first-order chi connectivity index (χ1) is 18.1. The van der Waals surface area contributed by atoms with Gasteiger partial charge in [0.05, 0.1) is 11.2 Å². The largest absolute Gasteiger partial charge is 0.444 e. The second-order valence-corrected chi connectivity index (χ2v) is 12.1. The zero-order chi connectivity index (χ0) is 27.0. The molecule has 38 heavy (non-hydrogen) atoms. The number of piperidine rings is 2. The van der Waals surface area contributed by atoms with Crippen molar-refractivity contribution in [3.05, 3.63) is 30.0 Å². The number of aromatic nitrogens is 1. The summed E-state index contributed by atoms with van der Waals surface area (Å²) in [6.07, 6.45) is 4.36. The van der Waals surface area contributed by atoms with Crippen LogP contribution in [0.1, 0.15) is 64.6 Å². The third kappa shape index (κ3) is 5.67. The molecule has 5 rings (SSSR count). The number of carbonyl (C=O) groups excluding carboxylic acids is 3. The molecule has 1 aromatic heterocycles. The lowest BCUT2D eigenvalue weighted by Gasteiger charge is -2.38. The second-order valence-electron chi connectivity index (χ2n) is 12.1. The minimum Gasteiger partial charge on any atom is -0.444 e. The third-order valence-corrected chi connectivity index (χ3v) is 8.10. The number of carbonyl (C=O) groups is 3. The summed E-state index contributed by atoms with van der Waals surface area (Å²) in [5.74, 6) is 0.400. The number of rotatable bonds is 4. The zero-order valence-corrected chi connectivity index (χ0v) is 23.2. The number of fused-ring (bicyclic) bond motifs is 1. The second kappa shape index (κ2) is 10.6. The van der Waals surface area contributed by atoms with Gasteiger partial charge in [-0.05, 0) is 77.5 Å². The van der Waals surface area contributed by atoms with Crippen molar-refractivity contribution in [1.29, 1.82) is 0 Å². The van der Waals surface area contributed by atoms with Crippen LogP contribution in [-0.4, -0.2) is 77.3 Å². The Morgan fingerprint density at radius 3 is 2.39 bits per heavy atom. The van der Waals surface area contributed by atoms with E-state index in [9.17, 15) is 14.4 Å². The molecule has 4 amide bonds. The third-order valence-electron chi connectivity index (χ3n) is 8.10. The fraction of sp³-hybridized carbons (Fsp3) is 0.621. The first-order valence-corrected chi connectivity index (χ1v) is 14.0. The molecule has 0 unspecified atom stereocenters.